The van der Waals surface area contributed by atoms with E-state index in [4.69, 9.17) is 4.42 Å². The Morgan fingerprint density at radius 2 is 1.65 bits per heavy atom. The molecule has 2 aliphatic rings. The highest BCUT2D eigenvalue weighted by Crippen LogP contribution is 2.52. The topological polar surface area (TPSA) is 91.1 Å². The first-order chi connectivity index (χ1) is 17.9. The van der Waals surface area contributed by atoms with Crippen LogP contribution in [0.5, 0.6) is 0 Å². The van der Waals surface area contributed by atoms with Gasteiger partial charge in [0, 0.05) is 18.7 Å². The van der Waals surface area contributed by atoms with Crippen molar-refractivity contribution in [1.82, 2.24) is 4.90 Å². The molecule has 0 saturated heterocycles. The van der Waals surface area contributed by atoms with Gasteiger partial charge >= 0.3 is 0 Å². The minimum Gasteiger partial charge on any atom is -0.450 e. The fourth-order valence-corrected chi connectivity index (χ4v) is 5.67. The van der Waals surface area contributed by atoms with Crippen LogP contribution in [0.2, 0.25) is 0 Å². The lowest BCUT2D eigenvalue weighted by Crippen LogP contribution is -2.53. The Labute approximate surface area is 213 Å². The molecule has 1 atom stereocenters. The van der Waals surface area contributed by atoms with Gasteiger partial charge in [-0.1, -0.05) is 59.7 Å². The van der Waals surface area contributed by atoms with Crippen LogP contribution in [0, 0.1) is 13.8 Å². The summed E-state index contributed by atoms with van der Waals surface area (Å²) in [7, 11) is 0. The number of hydrogen-bond donors (Lipinski definition) is 1. The van der Waals surface area contributed by atoms with Crippen molar-refractivity contribution in [3.63, 3.8) is 0 Å². The van der Waals surface area contributed by atoms with E-state index in [1.54, 1.807) is 23.1 Å². The summed E-state index contributed by atoms with van der Waals surface area (Å²) in [6.07, 6.45) is 0.252. The van der Waals surface area contributed by atoms with E-state index >= 15 is 0 Å². The molecule has 3 aromatic carbocycles. The molecule has 0 radical (unpaired) electrons. The van der Waals surface area contributed by atoms with Crippen molar-refractivity contribution in [2.75, 3.05) is 18.1 Å². The number of para-hydroxylation sites is 1. The van der Waals surface area contributed by atoms with Gasteiger partial charge < -0.3 is 19.3 Å². The first kappa shape index (κ1) is 23.2. The monoisotopic (exact) mass is 494 g/mol. The van der Waals surface area contributed by atoms with E-state index in [1.807, 2.05) is 62.4 Å². The predicted octanol–water partition coefficient (Wildman–Crippen LogP) is 4.04. The molecule has 3 heterocycles. The number of nitrogens with zero attached hydrogens (tertiary/aromatic N) is 2. The molecule has 0 aliphatic carbocycles. The van der Waals surface area contributed by atoms with Crippen LogP contribution in [-0.2, 0) is 16.9 Å². The van der Waals surface area contributed by atoms with Crippen LogP contribution in [0.15, 0.2) is 75.9 Å². The van der Waals surface area contributed by atoms with Crippen molar-refractivity contribution in [2.24, 2.45) is 0 Å². The van der Waals surface area contributed by atoms with Crippen molar-refractivity contribution < 1.29 is 19.1 Å². The zero-order valence-corrected chi connectivity index (χ0v) is 20.7. The number of anilines is 1. The summed E-state index contributed by atoms with van der Waals surface area (Å²) in [5.74, 6) is -1.01. The quantitative estimate of drug-likeness (QED) is 0.452. The second kappa shape index (κ2) is 8.42. The molecule has 0 fully saturated rings. The van der Waals surface area contributed by atoms with Gasteiger partial charge in [-0.3, -0.25) is 14.4 Å². The molecule has 37 heavy (non-hydrogen) atoms. The third-order valence-electron chi connectivity index (χ3n) is 7.39. The largest absolute Gasteiger partial charge is 0.450 e. The predicted molar refractivity (Wildman–Crippen MR) is 140 cm³/mol. The Morgan fingerprint density at radius 1 is 0.919 bits per heavy atom. The van der Waals surface area contributed by atoms with Gasteiger partial charge in [0.15, 0.2) is 11.0 Å². The highest BCUT2D eigenvalue weighted by atomic mass is 16.3. The van der Waals surface area contributed by atoms with E-state index in [2.05, 4.69) is 0 Å². The van der Waals surface area contributed by atoms with E-state index < -0.39 is 11.4 Å². The second-order valence-electron chi connectivity index (χ2n) is 9.77. The van der Waals surface area contributed by atoms with Crippen LogP contribution in [-0.4, -0.2) is 35.0 Å². The number of carbonyl (C=O) groups is 2. The molecule has 0 bridgehead atoms. The first-order valence-electron chi connectivity index (χ1n) is 12.4. The number of hydrogen-bond acceptors (Lipinski definition) is 5. The lowest BCUT2D eigenvalue weighted by atomic mass is 9.84. The fraction of sp³-hybridized carbons (Fsp3) is 0.233. The summed E-state index contributed by atoms with van der Waals surface area (Å²) in [6, 6.07) is 20.4. The van der Waals surface area contributed by atoms with Gasteiger partial charge in [-0.25, -0.2) is 0 Å². The Hall–Kier alpha value is -4.23. The summed E-state index contributed by atoms with van der Waals surface area (Å²) in [5.41, 5.74) is 2.42. The fourth-order valence-electron chi connectivity index (χ4n) is 5.67. The van der Waals surface area contributed by atoms with Crippen molar-refractivity contribution in [1.29, 1.82) is 0 Å². The first-order valence-corrected chi connectivity index (χ1v) is 12.4. The van der Waals surface area contributed by atoms with Gasteiger partial charge in [0.1, 0.15) is 5.58 Å². The van der Waals surface area contributed by atoms with Gasteiger partial charge in [0.2, 0.25) is 5.76 Å². The summed E-state index contributed by atoms with van der Waals surface area (Å²) in [6.45, 7) is 4.09. The van der Waals surface area contributed by atoms with Crippen LogP contribution < -0.4 is 10.3 Å². The van der Waals surface area contributed by atoms with Crippen LogP contribution in [0.25, 0.3) is 11.0 Å². The lowest BCUT2D eigenvalue weighted by Gasteiger charge is -2.34. The van der Waals surface area contributed by atoms with E-state index in [1.165, 1.54) is 4.90 Å². The smallest absolute Gasteiger partial charge is 0.291 e. The Kier molecular flexibility index (Phi) is 5.28. The number of rotatable bonds is 5. The number of aliphatic hydroxyl groups is 1. The van der Waals surface area contributed by atoms with E-state index in [-0.39, 0.29) is 48.8 Å². The van der Waals surface area contributed by atoms with Crippen LogP contribution >= 0.6 is 0 Å². The average molecular weight is 495 g/mol. The third kappa shape index (κ3) is 3.20. The summed E-state index contributed by atoms with van der Waals surface area (Å²) in [5, 5.41) is 9.94. The molecular formula is C30H26N2O5. The Morgan fingerprint density at radius 3 is 2.41 bits per heavy atom. The molecule has 2 aliphatic heterocycles. The molecule has 7 heteroatoms. The maximum atomic E-state index is 14.6. The number of amides is 2. The Bertz CT molecular complexity index is 1640. The summed E-state index contributed by atoms with van der Waals surface area (Å²) in [4.78, 5) is 45.6. The molecule has 4 aromatic rings. The number of carbonyl (C=O) groups excluding carboxylic acids is 2. The molecule has 7 nitrogen and oxygen atoms in total. The van der Waals surface area contributed by atoms with Crippen molar-refractivity contribution in [3.05, 3.63) is 111 Å². The highest BCUT2D eigenvalue weighted by Gasteiger charge is 2.64. The van der Waals surface area contributed by atoms with Crippen molar-refractivity contribution >= 4 is 28.5 Å². The van der Waals surface area contributed by atoms with Crippen LogP contribution in [0.4, 0.5) is 5.69 Å². The SMILES string of the molecule is Cc1ccc(CN2C(=O)C3(c4ccccc42)c2c(oc4ccc(C)cc4c2=O)C(=O)N3CCCO)cc1. The van der Waals surface area contributed by atoms with Gasteiger partial charge in [0.05, 0.1) is 23.2 Å². The molecule has 1 N–H and O–H groups in total. The molecule has 6 rings (SSSR count). The molecular weight excluding hydrogens is 468 g/mol. The van der Waals surface area contributed by atoms with E-state index in [0.717, 1.165) is 16.7 Å². The average Bonchev–Trinajstić information content (AvgIpc) is 3.29. The molecule has 1 aromatic heterocycles. The van der Waals surface area contributed by atoms with Crippen molar-refractivity contribution in [2.45, 2.75) is 32.4 Å². The van der Waals surface area contributed by atoms with E-state index in [0.29, 0.717) is 22.2 Å². The number of benzene rings is 3. The van der Waals surface area contributed by atoms with Gasteiger partial charge in [0.25, 0.3) is 11.8 Å². The van der Waals surface area contributed by atoms with Gasteiger partial charge in [-0.2, -0.15) is 0 Å². The molecule has 1 unspecified atom stereocenters. The standard InChI is InChI=1S/C30H26N2O5/c1-18-8-11-20(12-9-18)17-31-23-7-4-3-6-22(23)30(29(31)36)25-26(34)21-16-19(2)10-13-24(21)37-27(25)28(35)32(30)14-5-15-33/h3-4,6-13,16,33H,5,14-15,17H2,1-2H3. The minimum atomic E-state index is -1.67. The second-order valence-corrected chi connectivity index (χ2v) is 9.77. The van der Waals surface area contributed by atoms with Crippen molar-refractivity contribution in [3.8, 4) is 0 Å². The molecule has 2 amide bonds. The normalized spacial score (nSPS) is 18.2. The molecule has 186 valence electrons. The van der Waals surface area contributed by atoms with Crippen LogP contribution in [0.3, 0.4) is 0 Å². The zero-order chi connectivity index (χ0) is 25.9. The lowest BCUT2D eigenvalue weighted by molar-refractivity contribution is -0.126. The summed E-state index contributed by atoms with van der Waals surface area (Å²) < 4.78 is 6.05. The van der Waals surface area contributed by atoms with Crippen LogP contribution in [0.1, 0.15) is 44.8 Å². The zero-order valence-electron chi connectivity index (χ0n) is 20.7. The van der Waals surface area contributed by atoms with Gasteiger partial charge in [-0.05, 0) is 44.0 Å². The highest BCUT2D eigenvalue weighted by molar-refractivity contribution is 6.17. The van der Waals surface area contributed by atoms with Gasteiger partial charge in [-0.15, -0.1) is 0 Å². The maximum Gasteiger partial charge on any atom is 0.291 e. The molecule has 0 saturated carbocycles. The third-order valence-corrected chi connectivity index (χ3v) is 7.39. The molecule has 1 spiro atoms. The number of aliphatic hydroxyl groups excluding tert-OH is 1. The Balaban J connectivity index is 1.64. The minimum absolute atomic E-state index is 0.0531. The number of aryl methyl sites for hydroxylation is 2. The number of fused-ring (bicyclic) bond motifs is 5. The summed E-state index contributed by atoms with van der Waals surface area (Å²) >= 11 is 0. The maximum absolute atomic E-state index is 14.6. The van der Waals surface area contributed by atoms with E-state index in [9.17, 15) is 19.5 Å².